The summed E-state index contributed by atoms with van der Waals surface area (Å²) in [6.07, 6.45) is 7.79. The minimum atomic E-state index is -0.494. The Labute approximate surface area is 69.4 Å². The smallest absolute Gasteiger partial charge is 0.263 e. The average Bonchev–Trinajstić information content (AvgIpc) is 2.03. The van der Waals surface area contributed by atoms with Crippen LogP contribution in [0.3, 0.4) is 0 Å². The van der Waals surface area contributed by atoms with E-state index in [9.17, 15) is 10.1 Å². The van der Waals surface area contributed by atoms with Gasteiger partial charge in [-0.15, -0.1) is 6.42 Å². The maximum Gasteiger partial charge on any atom is 0.290 e. The molecule has 0 aromatic carbocycles. The van der Waals surface area contributed by atoms with Crippen molar-refractivity contribution in [2.75, 3.05) is 0 Å². The number of nitrogens with zero attached hydrogens (tertiary/aromatic N) is 2. The van der Waals surface area contributed by atoms with E-state index in [4.69, 9.17) is 6.42 Å². The number of hydrogen-bond acceptors (Lipinski definition) is 3. The summed E-state index contributed by atoms with van der Waals surface area (Å²) in [6, 6.07) is 0. The Kier molecular flexibility index (Phi) is 2.06. The van der Waals surface area contributed by atoms with Crippen molar-refractivity contribution >= 4 is 5.69 Å². The van der Waals surface area contributed by atoms with E-state index in [1.54, 1.807) is 6.92 Å². The molecule has 1 aromatic heterocycles. The van der Waals surface area contributed by atoms with Gasteiger partial charge in [0, 0.05) is 18.0 Å². The van der Waals surface area contributed by atoms with Crippen LogP contribution in [-0.4, -0.2) is 9.91 Å². The molecule has 0 saturated carbocycles. The minimum Gasteiger partial charge on any atom is -0.263 e. The first-order valence-corrected chi connectivity index (χ1v) is 3.22. The molecule has 1 heterocycles. The van der Waals surface area contributed by atoms with Crippen molar-refractivity contribution in [3.8, 4) is 12.3 Å². The quantitative estimate of drug-likeness (QED) is 0.355. The van der Waals surface area contributed by atoms with Gasteiger partial charge in [0.2, 0.25) is 0 Å². The molecule has 1 aromatic rings. The molecule has 0 saturated heterocycles. The molecule has 0 atom stereocenters. The standard InChI is InChI=1S/C8H6N2O2/c1-3-7-5-9-4-6(2)8(7)10(11)12/h1,4-5H,2H3. The van der Waals surface area contributed by atoms with Crippen LogP contribution >= 0.6 is 0 Å². The third-order valence-corrected chi connectivity index (χ3v) is 1.44. The summed E-state index contributed by atoms with van der Waals surface area (Å²) in [5, 5.41) is 10.5. The Bertz CT molecular complexity index is 366. The Morgan fingerprint density at radius 3 is 2.75 bits per heavy atom. The van der Waals surface area contributed by atoms with Crippen LogP contribution in [0.5, 0.6) is 0 Å². The molecule has 12 heavy (non-hydrogen) atoms. The number of terminal acetylenes is 1. The number of rotatable bonds is 1. The fourth-order valence-corrected chi connectivity index (χ4v) is 0.906. The van der Waals surface area contributed by atoms with Crippen LogP contribution in [0, 0.1) is 29.4 Å². The van der Waals surface area contributed by atoms with Gasteiger partial charge in [0.25, 0.3) is 5.69 Å². The number of nitro groups is 1. The van der Waals surface area contributed by atoms with Gasteiger partial charge < -0.3 is 0 Å². The van der Waals surface area contributed by atoms with E-state index < -0.39 is 4.92 Å². The Morgan fingerprint density at radius 2 is 2.33 bits per heavy atom. The van der Waals surface area contributed by atoms with E-state index in [2.05, 4.69) is 10.9 Å². The molecular formula is C8H6N2O2. The van der Waals surface area contributed by atoms with Crippen molar-refractivity contribution in [1.82, 2.24) is 4.98 Å². The van der Waals surface area contributed by atoms with Gasteiger partial charge in [-0.3, -0.25) is 15.1 Å². The van der Waals surface area contributed by atoms with E-state index in [0.717, 1.165) is 0 Å². The Hall–Kier alpha value is -1.89. The van der Waals surface area contributed by atoms with Crippen LogP contribution in [0.15, 0.2) is 12.4 Å². The van der Waals surface area contributed by atoms with Crippen molar-refractivity contribution in [2.45, 2.75) is 6.92 Å². The third kappa shape index (κ3) is 1.25. The van der Waals surface area contributed by atoms with Crippen LogP contribution in [0.25, 0.3) is 0 Å². The molecule has 0 aliphatic rings. The molecule has 1 rings (SSSR count). The van der Waals surface area contributed by atoms with E-state index in [1.807, 2.05) is 0 Å². The van der Waals surface area contributed by atoms with Gasteiger partial charge in [-0.2, -0.15) is 0 Å². The van der Waals surface area contributed by atoms with E-state index in [-0.39, 0.29) is 11.3 Å². The molecule has 0 aliphatic carbocycles. The predicted molar refractivity (Wildman–Crippen MR) is 43.6 cm³/mol. The summed E-state index contributed by atoms with van der Waals surface area (Å²) in [6.45, 7) is 1.60. The third-order valence-electron chi connectivity index (χ3n) is 1.44. The highest BCUT2D eigenvalue weighted by atomic mass is 16.6. The lowest BCUT2D eigenvalue weighted by atomic mass is 10.2. The summed E-state index contributed by atoms with van der Waals surface area (Å²) in [5.41, 5.74) is 0.669. The number of aromatic nitrogens is 1. The van der Waals surface area contributed by atoms with E-state index in [1.165, 1.54) is 12.4 Å². The highest BCUT2D eigenvalue weighted by Gasteiger charge is 2.15. The first-order chi connectivity index (χ1) is 5.66. The first-order valence-electron chi connectivity index (χ1n) is 3.22. The number of pyridine rings is 1. The SMILES string of the molecule is C#Cc1cncc(C)c1[N+](=O)[O-]. The lowest BCUT2D eigenvalue weighted by Gasteiger charge is -1.97. The lowest BCUT2D eigenvalue weighted by Crippen LogP contribution is -1.96. The zero-order chi connectivity index (χ0) is 9.14. The molecule has 0 spiro atoms. The van der Waals surface area contributed by atoms with Gasteiger partial charge in [0.05, 0.1) is 4.92 Å². The summed E-state index contributed by atoms with van der Waals surface area (Å²) in [7, 11) is 0. The topological polar surface area (TPSA) is 56.0 Å². The molecule has 0 N–H and O–H groups in total. The van der Waals surface area contributed by atoms with Gasteiger partial charge in [-0.1, -0.05) is 5.92 Å². The highest BCUT2D eigenvalue weighted by Crippen LogP contribution is 2.20. The summed E-state index contributed by atoms with van der Waals surface area (Å²) >= 11 is 0. The minimum absolute atomic E-state index is 0.0347. The van der Waals surface area contributed by atoms with Crippen molar-refractivity contribution in [3.63, 3.8) is 0 Å². The largest absolute Gasteiger partial charge is 0.290 e. The van der Waals surface area contributed by atoms with E-state index in [0.29, 0.717) is 5.56 Å². The van der Waals surface area contributed by atoms with Crippen LogP contribution in [0.1, 0.15) is 11.1 Å². The lowest BCUT2D eigenvalue weighted by molar-refractivity contribution is -0.385. The Balaban J connectivity index is 3.42. The number of hydrogen-bond donors (Lipinski definition) is 0. The fourth-order valence-electron chi connectivity index (χ4n) is 0.906. The average molecular weight is 162 g/mol. The zero-order valence-corrected chi connectivity index (χ0v) is 6.44. The van der Waals surface area contributed by atoms with Crippen LogP contribution in [0.2, 0.25) is 0 Å². The monoisotopic (exact) mass is 162 g/mol. The molecule has 0 radical (unpaired) electrons. The highest BCUT2D eigenvalue weighted by molar-refractivity contribution is 5.52. The first kappa shape index (κ1) is 8.21. The van der Waals surface area contributed by atoms with Gasteiger partial charge >= 0.3 is 0 Å². The van der Waals surface area contributed by atoms with Gasteiger partial charge in [0.1, 0.15) is 5.56 Å². The number of aryl methyl sites for hydroxylation is 1. The molecule has 0 aliphatic heterocycles. The van der Waals surface area contributed by atoms with Gasteiger partial charge in [-0.25, -0.2) is 0 Å². The van der Waals surface area contributed by atoms with Crippen LogP contribution in [0.4, 0.5) is 5.69 Å². The Morgan fingerprint density at radius 1 is 1.67 bits per heavy atom. The second-order valence-electron chi connectivity index (χ2n) is 2.25. The molecule has 4 nitrogen and oxygen atoms in total. The molecule has 0 bridgehead atoms. The molecule has 0 unspecified atom stereocenters. The summed E-state index contributed by atoms with van der Waals surface area (Å²) in [5.74, 6) is 2.21. The second kappa shape index (κ2) is 3.01. The van der Waals surface area contributed by atoms with E-state index >= 15 is 0 Å². The molecule has 60 valence electrons. The second-order valence-corrected chi connectivity index (χ2v) is 2.25. The molecular weight excluding hydrogens is 156 g/mol. The normalized spacial score (nSPS) is 9.00. The predicted octanol–water partition coefficient (Wildman–Crippen LogP) is 1.28. The van der Waals surface area contributed by atoms with Gasteiger partial charge in [0.15, 0.2) is 0 Å². The molecule has 4 heteroatoms. The maximum absolute atomic E-state index is 10.5. The summed E-state index contributed by atoms with van der Waals surface area (Å²) < 4.78 is 0. The van der Waals surface area contributed by atoms with Crippen molar-refractivity contribution < 1.29 is 4.92 Å². The zero-order valence-electron chi connectivity index (χ0n) is 6.44. The maximum atomic E-state index is 10.5. The molecule has 0 amide bonds. The van der Waals surface area contributed by atoms with Crippen molar-refractivity contribution in [3.05, 3.63) is 33.6 Å². The van der Waals surface area contributed by atoms with Crippen molar-refractivity contribution in [1.29, 1.82) is 0 Å². The molecule has 0 fully saturated rings. The van der Waals surface area contributed by atoms with Crippen LogP contribution < -0.4 is 0 Å². The summed E-state index contributed by atoms with van der Waals surface area (Å²) in [4.78, 5) is 13.7. The van der Waals surface area contributed by atoms with Crippen LogP contribution in [-0.2, 0) is 0 Å². The van der Waals surface area contributed by atoms with Gasteiger partial charge in [-0.05, 0) is 6.92 Å². The fraction of sp³-hybridized carbons (Fsp3) is 0.125. The van der Waals surface area contributed by atoms with Crippen molar-refractivity contribution in [2.24, 2.45) is 0 Å².